The molecule has 0 aliphatic heterocycles. The van der Waals surface area contributed by atoms with E-state index >= 15 is 0 Å². The molecule has 0 aliphatic carbocycles. The van der Waals surface area contributed by atoms with Crippen LogP contribution in [0.2, 0.25) is 5.02 Å². The van der Waals surface area contributed by atoms with E-state index in [-0.39, 0.29) is 18.0 Å². The smallest absolute Gasteiger partial charge is 0.273 e. The molecule has 6 nitrogen and oxygen atoms in total. The van der Waals surface area contributed by atoms with E-state index in [1.54, 1.807) is 7.11 Å². The molecule has 0 atom stereocenters. The van der Waals surface area contributed by atoms with E-state index < -0.39 is 4.92 Å². The second-order valence-electron chi connectivity index (χ2n) is 3.68. The van der Waals surface area contributed by atoms with Crippen molar-refractivity contribution in [2.24, 2.45) is 0 Å². The lowest BCUT2D eigenvalue weighted by atomic mass is 10.3. The van der Waals surface area contributed by atoms with Gasteiger partial charge in [0.05, 0.1) is 22.6 Å². The van der Waals surface area contributed by atoms with Crippen molar-refractivity contribution in [1.82, 2.24) is 0 Å². The fourth-order valence-corrected chi connectivity index (χ4v) is 1.51. The number of nitro benzene ring substituents is 1. The Kier molecular flexibility index (Phi) is 7.17. The number of halogens is 1. The van der Waals surface area contributed by atoms with Crippen molar-refractivity contribution >= 4 is 17.3 Å². The molecule has 0 bridgehead atoms. The minimum atomic E-state index is -0.496. The molecule has 1 rings (SSSR count). The Morgan fingerprint density at radius 3 is 2.74 bits per heavy atom. The van der Waals surface area contributed by atoms with Crippen molar-refractivity contribution in [3.63, 3.8) is 0 Å². The SMILES string of the molecule is COCCCOCCOc1cc([N+](=O)[O-])ccc1Cl. The van der Waals surface area contributed by atoms with Crippen LogP contribution in [0.5, 0.6) is 5.75 Å². The van der Waals surface area contributed by atoms with Gasteiger partial charge in [-0.05, 0) is 12.5 Å². The highest BCUT2D eigenvalue weighted by Gasteiger charge is 2.10. The first-order valence-electron chi connectivity index (χ1n) is 5.78. The summed E-state index contributed by atoms with van der Waals surface area (Å²) in [4.78, 5) is 10.1. The quantitative estimate of drug-likeness (QED) is 0.397. The molecule has 0 spiro atoms. The first-order valence-corrected chi connectivity index (χ1v) is 6.16. The summed E-state index contributed by atoms with van der Waals surface area (Å²) in [6, 6.07) is 4.07. The standard InChI is InChI=1S/C12H16ClNO5/c1-17-5-2-6-18-7-8-19-12-9-10(14(15)16)3-4-11(12)13/h3-4,9H,2,5-8H2,1H3. The van der Waals surface area contributed by atoms with Crippen LogP contribution in [0.1, 0.15) is 6.42 Å². The summed E-state index contributed by atoms with van der Waals surface area (Å²) in [7, 11) is 1.63. The fraction of sp³-hybridized carbons (Fsp3) is 0.500. The Hall–Kier alpha value is -1.37. The normalized spacial score (nSPS) is 10.4. The van der Waals surface area contributed by atoms with Gasteiger partial charge in [0.25, 0.3) is 5.69 Å². The van der Waals surface area contributed by atoms with E-state index in [0.29, 0.717) is 24.8 Å². The van der Waals surface area contributed by atoms with Crippen molar-refractivity contribution in [3.05, 3.63) is 33.3 Å². The number of rotatable bonds is 9. The molecule has 19 heavy (non-hydrogen) atoms. The molecule has 0 aliphatic rings. The summed E-state index contributed by atoms with van der Waals surface area (Å²) in [6.45, 7) is 1.91. The van der Waals surface area contributed by atoms with Gasteiger partial charge in [-0.3, -0.25) is 10.1 Å². The molecule has 0 unspecified atom stereocenters. The van der Waals surface area contributed by atoms with Crippen LogP contribution in [0.4, 0.5) is 5.69 Å². The second-order valence-corrected chi connectivity index (χ2v) is 4.09. The molecule has 0 heterocycles. The molecule has 0 saturated heterocycles. The molecule has 0 saturated carbocycles. The summed E-state index contributed by atoms with van der Waals surface area (Å²) >= 11 is 5.88. The van der Waals surface area contributed by atoms with Gasteiger partial charge in [0.15, 0.2) is 0 Å². The van der Waals surface area contributed by atoms with E-state index in [1.165, 1.54) is 18.2 Å². The summed E-state index contributed by atoms with van der Waals surface area (Å²) in [5, 5.41) is 10.9. The van der Waals surface area contributed by atoms with E-state index in [4.69, 9.17) is 25.8 Å². The lowest BCUT2D eigenvalue weighted by Crippen LogP contribution is -2.08. The molecule has 0 radical (unpaired) electrons. The largest absolute Gasteiger partial charge is 0.489 e. The zero-order valence-corrected chi connectivity index (χ0v) is 11.4. The molecule has 0 N–H and O–H groups in total. The summed E-state index contributed by atoms with van der Waals surface area (Å²) in [5.74, 6) is 0.288. The van der Waals surface area contributed by atoms with E-state index in [9.17, 15) is 10.1 Å². The molecule has 0 amide bonds. The number of ether oxygens (including phenoxy) is 3. The zero-order valence-electron chi connectivity index (χ0n) is 10.6. The Bertz CT molecular complexity index is 413. The van der Waals surface area contributed by atoms with Gasteiger partial charge in [0.2, 0.25) is 0 Å². The van der Waals surface area contributed by atoms with Crippen molar-refractivity contribution < 1.29 is 19.1 Å². The van der Waals surface area contributed by atoms with Crippen molar-refractivity contribution in [1.29, 1.82) is 0 Å². The van der Waals surface area contributed by atoms with Crippen LogP contribution in [0.3, 0.4) is 0 Å². The minimum absolute atomic E-state index is 0.0552. The first-order chi connectivity index (χ1) is 9.15. The van der Waals surface area contributed by atoms with Gasteiger partial charge in [-0.25, -0.2) is 0 Å². The predicted molar refractivity (Wildman–Crippen MR) is 70.9 cm³/mol. The van der Waals surface area contributed by atoms with Crippen molar-refractivity contribution in [2.75, 3.05) is 33.5 Å². The zero-order chi connectivity index (χ0) is 14.1. The number of nitrogens with zero attached hydrogens (tertiary/aromatic N) is 1. The van der Waals surface area contributed by atoms with Gasteiger partial charge < -0.3 is 14.2 Å². The number of nitro groups is 1. The first kappa shape index (κ1) is 15.7. The highest BCUT2D eigenvalue weighted by atomic mass is 35.5. The summed E-state index contributed by atoms with van der Waals surface area (Å²) in [6.07, 6.45) is 0.814. The Morgan fingerprint density at radius 2 is 2.05 bits per heavy atom. The van der Waals surface area contributed by atoms with Crippen LogP contribution in [-0.4, -0.2) is 38.5 Å². The molecule has 0 fully saturated rings. The maximum atomic E-state index is 10.6. The maximum Gasteiger partial charge on any atom is 0.273 e. The number of hydrogen-bond donors (Lipinski definition) is 0. The summed E-state index contributed by atoms with van der Waals surface area (Å²) < 4.78 is 15.5. The number of methoxy groups -OCH3 is 1. The van der Waals surface area contributed by atoms with Gasteiger partial charge in [0.1, 0.15) is 12.4 Å². The molecular formula is C12H16ClNO5. The average molecular weight is 290 g/mol. The third-order valence-electron chi connectivity index (χ3n) is 2.25. The number of non-ortho nitro benzene ring substituents is 1. The Labute approximate surface area is 116 Å². The lowest BCUT2D eigenvalue weighted by molar-refractivity contribution is -0.384. The van der Waals surface area contributed by atoms with Crippen LogP contribution < -0.4 is 4.74 Å². The minimum Gasteiger partial charge on any atom is -0.489 e. The monoisotopic (exact) mass is 289 g/mol. The Balaban J connectivity index is 2.32. The van der Waals surface area contributed by atoms with Crippen molar-refractivity contribution in [2.45, 2.75) is 6.42 Å². The lowest BCUT2D eigenvalue weighted by Gasteiger charge is -2.08. The molecular weight excluding hydrogens is 274 g/mol. The third-order valence-corrected chi connectivity index (χ3v) is 2.56. The van der Waals surface area contributed by atoms with Crippen LogP contribution in [0.25, 0.3) is 0 Å². The van der Waals surface area contributed by atoms with E-state index in [0.717, 1.165) is 6.42 Å². The average Bonchev–Trinajstić information content (AvgIpc) is 2.39. The number of benzene rings is 1. The number of hydrogen-bond acceptors (Lipinski definition) is 5. The van der Waals surface area contributed by atoms with Crippen LogP contribution in [-0.2, 0) is 9.47 Å². The van der Waals surface area contributed by atoms with Gasteiger partial charge in [-0.15, -0.1) is 0 Å². The maximum absolute atomic E-state index is 10.6. The fourth-order valence-electron chi connectivity index (χ4n) is 1.33. The van der Waals surface area contributed by atoms with Gasteiger partial charge >= 0.3 is 0 Å². The van der Waals surface area contributed by atoms with Gasteiger partial charge in [-0.2, -0.15) is 0 Å². The third kappa shape index (κ3) is 5.87. The molecule has 106 valence electrons. The molecule has 1 aromatic rings. The van der Waals surface area contributed by atoms with Gasteiger partial charge in [0, 0.05) is 26.4 Å². The van der Waals surface area contributed by atoms with Crippen molar-refractivity contribution in [3.8, 4) is 5.75 Å². The van der Waals surface area contributed by atoms with E-state index in [1.807, 2.05) is 0 Å². The predicted octanol–water partition coefficient (Wildman–Crippen LogP) is 2.68. The van der Waals surface area contributed by atoms with E-state index in [2.05, 4.69) is 0 Å². The molecule has 1 aromatic carbocycles. The Morgan fingerprint density at radius 1 is 1.26 bits per heavy atom. The topological polar surface area (TPSA) is 70.8 Å². The summed E-state index contributed by atoms with van der Waals surface area (Å²) in [5.41, 5.74) is -0.0552. The molecule has 0 aromatic heterocycles. The van der Waals surface area contributed by atoms with Gasteiger partial charge in [-0.1, -0.05) is 11.6 Å². The van der Waals surface area contributed by atoms with Crippen LogP contribution >= 0.6 is 11.6 Å². The highest BCUT2D eigenvalue weighted by Crippen LogP contribution is 2.28. The molecule has 7 heteroatoms. The second kappa shape index (κ2) is 8.68. The van der Waals surface area contributed by atoms with Crippen LogP contribution in [0, 0.1) is 10.1 Å². The van der Waals surface area contributed by atoms with Crippen LogP contribution in [0.15, 0.2) is 18.2 Å². The highest BCUT2D eigenvalue weighted by molar-refractivity contribution is 6.32.